The van der Waals surface area contributed by atoms with Crippen molar-refractivity contribution in [3.63, 3.8) is 0 Å². The molecule has 0 spiro atoms. The standard InChI is InChI=1S/C16H19N5/c17-11-9-13(21-7-2-1-3-8-21)10-5-4-6-12-14(10)15(11)20-16(18)19-12/h4-6,9H,1-3,7-8,17H2,(H3,18,19,20). The fourth-order valence-corrected chi connectivity index (χ4v) is 3.37. The average molecular weight is 281 g/mol. The normalized spacial score (nSPS) is 17.5. The van der Waals surface area contributed by atoms with E-state index in [-0.39, 0.29) is 0 Å². The Hall–Kier alpha value is -2.43. The topological polar surface area (TPSA) is 79.7 Å². The second-order valence-corrected chi connectivity index (χ2v) is 5.73. The zero-order valence-corrected chi connectivity index (χ0v) is 11.9. The first-order chi connectivity index (χ1) is 10.2. The van der Waals surface area contributed by atoms with E-state index in [1.807, 2.05) is 6.07 Å². The summed E-state index contributed by atoms with van der Waals surface area (Å²) in [4.78, 5) is 6.82. The minimum absolute atomic E-state index is 0.396. The lowest BCUT2D eigenvalue weighted by atomic mass is 10.0. The fourth-order valence-electron chi connectivity index (χ4n) is 3.37. The lowest BCUT2D eigenvalue weighted by molar-refractivity contribution is 0.579. The Labute approximate surface area is 123 Å². The van der Waals surface area contributed by atoms with Crippen LogP contribution in [0.5, 0.6) is 0 Å². The van der Waals surface area contributed by atoms with Crippen LogP contribution in [0.1, 0.15) is 19.3 Å². The molecule has 2 aliphatic rings. The van der Waals surface area contributed by atoms with Crippen LogP contribution >= 0.6 is 0 Å². The van der Waals surface area contributed by atoms with Crippen molar-refractivity contribution >= 4 is 39.5 Å². The maximum absolute atomic E-state index is 6.25. The Balaban J connectivity index is 1.98. The Morgan fingerprint density at radius 3 is 2.71 bits per heavy atom. The van der Waals surface area contributed by atoms with Crippen LogP contribution in [0.15, 0.2) is 29.3 Å². The molecule has 2 aromatic carbocycles. The molecule has 2 heterocycles. The average Bonchev–Trinajstić information content (AvgIpc) is 2.51. The van der Waals surface area contributed by atoms with Crippen LogP contribution in [0.25, 0.3) is 10.8 Å². The van der Waals surface area contributed by atoms with E-state index in [0.29, 0.717) is 11.6 Å². The summed E-state index contributed by atoms with van der Waals surface area (Å²) in [6.07, 6.45) is 3.80. The summed E-state index contributed by atoms with van der Waals surface area (Å²) < 4.78 is 0. The maximum atomic E-state index is 6.25. The number of hydrogen-bond acceptors (Lipinski definition) is 5. The SMILES string of the molecule is NC1=Nc2c(N)cc(N3CCCCC3)c3cccc(c23)N1. The van der Waals surface area contributed by atoms with E-state index >= 15 is 0 Å². The molecule has 2 aliphatic heterocycles. The van der Waals surface area contributed by atoms with Crippen molar-refractivity contribution < 1.29 is 0 Å². The second kappa shape index (κ2) is 4.55. The number of rotatable bonds is 1. The van der Waals surface area contributed by atoms with Gasteiger partial charge >= 0.3 is 0 Å². The molecule has 5 nitrogen and oxygen atoms in total. The fraction of sp³-hybridized carbons (Fsp3) is 0.312. The third-order valence-corrected chi connectivity index (χ3v) is 4.33. The number of nitrogen functional groups attached to an aromatic ring is 1. The van der Waals surface area contributed by atoms with Crippen LogP contribution in [0.4, 0.5) is 22.7 Å². The minimum atomic E-state index is 0.396. The maximum Gasteiger partial charge on any atom is 0.198 e. The van der Waals surface area contributed by atoms with Gasteiger partial charge in [0.15, 0.2) is 5.96 Å². The molecule has 4 rings (SSSR count). The number of nitrogens with one attached hydrogen (secondary N) is 1. The summed E-state index contributed by atoms with van der Waals surface area (Å²) in [5, 5.41) is 5.41. The van der Waals surface area contributed by atoms with E-state index in [1.165, 1.54) is 30.3 Å². The third kappa shape index (κ3) is 1.88. The highest BCUT2D eigenvalue weighted by Crippen LogP contribution is 2.44. The summed E-state index contributed by atoms with van der Waals surface area (Å²) >= 11 is 0. The van der Waals surface area contributed by atoms with Crippen molar-refractivity contribution in [1.82, 2.24) is 0 Å². The highest BCUT2D eigenvalue weighted by Gasteiger charge is 2.21. The van der Waals surface area contributed by atoms with Crippen molar-refractivity contribution in [2.45, 2.75) is 19.3 Å². The summed E-state index contributed by atoms with van der Waals surface area (Å²) in [5.41, 5.74) is 15.8. The van der Waals surface area contributed by atoms with E-state index in [9.17, 15) is 0 Å². The molecule has 5 heteroatoms. The van der Waals surface area contributed by atoms with Gasteiger partial charge in [0.25, 0.3) is 0 Å². The first kappa shape index (κ1) is 12.3. The first-order valence-electron chi connectivity index (χ1n) is 7.45. The van der Waals surface area contributed by atoms with E-state index in [2.05, 4.69) is 33.4 Å². The van der Waals surface area contributed by atoms with E-state index < -0.39 is 0 Å². The Morgan fingerprint density at radius 2 is 1.90 bits per heavy atom. The first-order valence-corrected chi connectivity index (χ1v) is 7.45. The summed E-state index contributed by atoms with van der Waals surface area (Å²) in [6, 6.07) is 8.27. The predicted octanol–water partition coefficient (Wildman–Crippen LogP) is 2.78. The smallest absolute Gasteiger partial charge is 0.198 e. The van der Waals surface area contributed by atoms with Crippen LogP contribution in [0, 0.1) is 0 Å². The second-order valence-electron chi connectivity index (χ2n) is 5.73. The molecule has 0 saturated carbocycles. The van der Waals surface area contributed by atoms with Gasteiger partial charge in [-0.3, -0.25) is 0 Å². The van der Waals surface area contributed by atoms with Gasteiger partial charge in [-0.1, -0.05) is 12.1 Å². The van der Waals surface area contributed by atoms with Crippen molar-refractivity contribution in [2.75, 3.05) is 29.0 Å². The number of nitrogens with two attached hydrogens (primary N) is 2. The molecule has 21 heavy (non-hydrogen) atoms. The molecular weight excluding hydrogens is 262 g/mol. The third-order valence-electron chi connectivity index (χ3n) is 4.33. The molecule has 0 amide bonds. The molecule has 2 aromatic rings. The van der Waals surface area contributed by atoms with Gasteiger partial charge in [-0.15, -0.1) is 0 Å². The van der Waals surface area contributed by atoms with Gasteiger partial charge in [-0.25, -0.2) is 4.99 Å². The van der Waals surface area contributed by atoms with Gasteiger partial charge in [-0.05, 0) is 31.4 Å². The molecule has 108 valence electrons. The van der Waals surface area contributed by atoms with Crippen LogP contribution in [-0.2, 0) is 0 Å². The van der Waals surface area contributed by atoms with Crippen molar-refractivity contribution in [3.8, 4) is 0 Å². The molecule has 0 unspecified atom stereocenters. The van der Waals surface area contributed by atoms with E-state index in [1.54, 1.807) is 0 Å². The molecule has 0 aliphatic carbocycles. The van der Waals surface area contributed by atoms with Gasteiger partial charge in [0.1, 0.15) is 0 Å². The van der Waals surface area contributed by atoms with Gasteiger partial charge in [-0.2, -0.15) is 0 Å². The van der Waals surface area contributed by atoms with Crippen LogP contribution in [0.2, 0.25) is 0 Å². The summed E-state index contributed by atoms with van der Waals surface area (Å²) in [5.74, 6) is 0.396. The van der Waals surface area contributed by atoms with Crippen LogP contribution < -0.4 is 21.7 Å². The minimum Gasteiger partial charge on any atom is -0.397 e. The molecule has 0 radical (unpaired) electrons. The van der Waals surface area contributed by atoms with E-state index in [0.717, 1.165) is 29.9 Å². The Kier molecular flexibility index (Phi) is 2.67. The van der Waals surface area contributed by atoms with Gasteiger partial charge in [0.2, 0.25) is 0 Å². The van der Waals surface area contributed by atoms with E-state index in [4.69, 9.17) is 11.5 Å². The number of piperidine rings is 1. The van der Waals surface area contributed by atoms with Gasteiger partial charge < -0.3 is 21.7 Å². The number of anilines is 3. The van der Waals surface area contributed by atoms with Crippen molar-refractivity contribution in [2.24, 2.45) is 10.7 Å². The number of hydrogen-bond donors (Lipinski definition) is 3. The zero-order chi connectivity index (χ0) is 14.4. The number of guanidine groups is 1. The molecule has 0 aromatic heterocycles. The molecule has 1 saturated heterocycles. The summed E-state index contributed by atoms with van der Waals surface area (Å²) in [7, 11) is 0. The molecule has 5 N–H and O–H groups in total. The van der Waals surface area contributed by atoms with Crippen molar-refractivity contribution in [3.05, 3.63) is 24.3 Å². The summed E-state index contributed by atoms with van der Waals surface area (Å²) in [6.45, 7) is 2.19. The van der Waals surface area contributed by atoms with Crippen LogP contribution in [-0.4, -0.2) is 19.0 Å². The highest BCUT2D eigenvalue weighted by atomic mass is 15.1. The molecule has 0 bridgehead atoms. The molecular formula is C16H19N5. The molecule has 1 fully saturated rings. The van der Waals surface area contributed by atoms with Gasteiger partial charge in [0.05, 0.1) is 17.1 Å². The van der Waals surface area contributed by atoms with Gasteiger partial charge in [0, 0.05) is 29.5 Å². The lowest BCUT2D eigenvalue weighted by Gasteiger charge is -2.31. The monoisotopic (exact) mass is 281 g/mol. The zero-order valence-electron chi connectivity index (χ0n) is 11.9. The van der Waals surface area contributed by atoms with Crippen LogP contribution in [0.3, 0.4) is 0 Å². The Bertz CT molecular complexity index is 744. The number of benzene rings is 2. The Morgan fingerprint density at radius 1 is 1.10 bits per heavy atom. The number of nitrogens with zero attached hydrogens (tertiary/aromatic N) is 2. The largest absolute Gasteiger partial charge is 0.397 e. The number of aliphatic imine (C=N–C) groups is 1. The quantitative estimate of drug-likeness (QED) is 0.702. The highest BCUT2D eigenvalue weighted by molar-refractivity contribution is 6.18. The lowest BCUT2D eigenvalue weighted by Crippen LogP contribution is -2.30. The predicted molar refractivity (Wildman–Crippen MR) is 89.3 cm³/mol. The molecule has 0 atom stereocenters. The van der Waals surface area contributed by atoms with Crippen molar-refractivity contribution in [1.29, 1.82) is 0 Å².